The molecule has 0 spiro atoms. The van der Waals surface area contributed by atoms with Crippen molar-refractivity contribution in [3.05, 3.63) is 97.2 Å². The lowest BCUT2D eigenvalue weighted by molar-refractivity contribution is -0.257. The summed E-state index contributed by atoms with van der Waals surface area (Å²) in [7, 11) is 6.74. The third kappa shape index (κ3) is 56.3. The molecule has 0 aliphatic heterocycles. The minimum Gasteiger partial charge on any atom is -0.350 e. The summed E-state index contributed by atoms with van der Waals surface area (Å²) in [5.74, 6) is 0.818. The zero-order chi connectivity index (χ0) is 66.6. The average molecular weight is 1300 g/mol. The highest BCUT2D eigenvalue weighted by Gasteiger charge is 2.41. The minimum absolute atomic E-state index is 0.339. The van der Waals surface area contributed by atoms with Crippen molar-refractivity contribution in [2.45, 2.75) is 379 Å². The van der Waals surface area contributed by atoms with Gasteiger partial charge in [-0.2, -0.15) is 0 Å². The zero-order valence-electron chi connectivity index (χ0n) is 63.1. The quantitative estimate of drug-likeness (QED) is 0.0343. The maximum absolute atomic E-state index is 6.80. The van der Waals surface area contributed by atoms with Crippen LogP contribution in [0, 0.1) is 11.8 Å². The number of ether oxygens (including phenoxy) is 4. The highest BCUT2D eigenvalue weighted by atomic mass is 16.7. The molecule has 0 aromatic rings. The van der Waals surface area contributed by atoms with Crippen LogP contribution in [0.25, 0.3) is 0 Å². The summed E-state index contributed by atoms with van der Waals surface area (Å²) in [6, 6.07) is 0. The third-order valence-corrected chi connectivity index (χ3v) is 19.8. The summed E-state index contributed by atoms with van der Waals surface area (Å²) in [6.07, 6.45) is 105. The first-order valence-electron chi connectivity index (χ1n) is 40.9. The maximum Gasteiger partial charge on any atom is 0.168 e. The maximum atomic E-state index is 6.80. The third-order valence-electron chi connectivity index (χ3n) is 19.8. The van der Waals surface area contributed by atoms with Crippen LogP contribution >= 0.6 is 0 Å². The number of allylic oxidation sites excluding steroid dienone is 16. The van der Waals surface area contributed by atoms with E-state index in [0.717, 1.165) is 122 Å². The smallest absolute Gasteiger partial charge is 0.168 e. The van der Waals surface area contributed by atoms with Gasteiger partial charge in [0.25, 0.3) is 0 Å². The molecular weight excluding hydrogens is 1140 g/mol. The first kappa shape index (κ1) is 86.8. The van der Waals surface area contributed by atoms with Gasteiger partial charge in [-0.05, 0) is 245 Å². The molecule has 0 N–H and O–H groups in total. The van der Waals surface area contributed by atoms with E-state index in [1.54, 1.807) is 0 Å². The summed E-state index contributed by atoms with van der Waals surface area (Å²) >= 11 is 0. The van der Waals surface area contributed by atoms with Crippen LogP contribution in [-0.2, 0) is 18.9 Å². The Morgan fingerprint density at radius 2 is 0.548 bits per heavy atom. The standard InChI is InChI=1S/C87H158N2O4/c1-7-10-13-16-19-22-25-28-34-39-44-49-54-59-64-79-90-86(91-80-65-60-55-50-45-40-35-29-26-23-20-17-14-11-8-2)73-68-84(69-74-86)72-78-89(6)76-63-58-53-48-43-38-33-31-32-37-42-47-52-57-62-67-82-93-87(75-70-85(83-87)71-77-88(4)5)92-81-66-61-56-51-46-41-36-30-27-24-21-18-15-12-9-3/h19-24,28-30,32-38,84-85H,7-18,25-27,31,39-83H2,1-6H3. The molecule has 0 radical (unpaired) electrons. The van der Waals surface area contributed by atoms with E-state index in [1.807, 2.05) is 0 Å². The van der Waals surface area contributed by atoms with Crippen molar-refractivity contribution < 1.29 is 18.9 Å². The van der Waals surface area contributed by atoms with E-state index in [4.69, 9.17) is 18.9 Å². The number of hydrogen-bond donors (Lipinski definition) is 0. The molecule has 540 valence electrons. The predicted octanol–water partition coefficient (Wildman–Crippen LogP) is 26.8. The monoisotopic (exact) mass is 1300 g/mol. The molecule has 2 atom stereocenters. The van der Waals surface area contributed by atoms with Crippen molar-refractivity contribution in [2.24, 2.45) is 11.8 Å². The van der Waals surface area contributed by atoms with Crippen LogP contribution < -0.4 is 0 Å². The number of nitrogens with zero attached hydrogens (tertiary/aromatic N) is 2. The lowest BCUT2D eigenvalue weighted by Gasteiger charge is -2.40. The SMILES string of the molecule is CCCCCC=CCC=CCCCCCCCOC1(OCCCCCCCC=CCC=CCCCCC)CCC(CCN(C)CCCCCCC=CCC=CCCCCCCCOC2(OCCCCCCCC=CCC=CCCCCC)CCC(CCN(C)C)C2)CC1. The van der Waals surface area contributed by atoms with Crippen LogP contribution in [0.1, 0.15) is 367 Å². The van der Waals surface area contributed by atoms with Gasteiger partial charge in [-0.3, -0.25) is 0 Å². The molecule has 6 nitrogen and oxygen atoms in total. The van der Waals surface area contributed by atoms with Gasteiger partial charge < -0.3 is 28.7 Å². The molecule has 2 aliphatic rings. The Bertz CT molecular complexity index is 1750. The predicted molar refractivity (Wildman–Crippen MR) is 412 cm³/mol. The zero-order valence-corrected chi connectivity index (χ0v) is 63.1. The number of unbranched alkanes of at least 4 members (excludes halogenated alkanes) is 33. The molecule has 93 heavy (non-hydrogen) atoms. The Morgan fingerprint density at radius 3 is 0.882 bits per heavy atom. The first-order chi connectivity index (χ1) is 45.9. The fourth-order valence-electron chi connectivity index (χ4n) is 13.5. The summed E-state index contributed by atoms with van der Waals surface area (Å²) in [4.78, 5) is 4.93. The Hall–Kier alpha value is -2.32. The van der Waals surface area contributed by atoms with Crippen molar-refractivity contribution >= 4 is 0 Å². The van der Waals surface area contributed by atoms with Gasteiger partial charge >= 0.3 is 0 Å². The molecular formula is C87H158N2O4. The van der Waals surface area contributed by atoms with Gasteiger partial charge in [-0.1, -0.05) is 246 Å². The van der Waals surface area contributed by atoms with Gasteiger partial charge in [0.15, 0.2) is 11.6 Å². The Kier molecular flexibility index (Phi) is 62.4. The van der Waals surface area contributed by atoms with Crippen molar-refractivity contribution in [1.29, 1.82) is 0 Å². The second kappa shape index (κ2) is 66.9. The van der Waals surface area contributed by atoms with Crippen LogP contribution in [0.4, 0.5) is 0 Å². The second-order valence-electron chi connectivity index (χ2n) is 29.1. The number of rotatable bonds is 69. The van der Waals surface area contributed by atoms with E-state index < -0.39 is 0 Å². The summed E-state index contributed by atoms with van der Waals surface area (Å²) in [6.45, 7) is 13.8. The highest BCUT2D eigenvalue weighted by molar-refractivity contribution is 4.96. The normalized spacial score (nSPS) is 19.3. The average Bonchev–Trinajstić information content (AvgIpc) is 1.88. The summed E-state index contributed by atoms with van der Waals surface area (Å²) < 4.78 is 27.0. The van der Waals surface area contributed by atoms with Crippen molar-refractivity contribution in [3.8, 4) is 0 Å². The lowest BCUT2D eigenvalue weighted by Crippen LogP contribution is -2.41. The fourth-order valence-corrected chi connectivity index (χ4v) is 13.5. The Morgan fingerprint density at radius 1 is 0.280 bits per heavy atom. The van der Waals surface area contributed by atoms with Crippen LogP contribution in [0.15, 0.2) is 97.2 Å². The van der Waals surface area contributed by atoms with E-state index in [9.17, 15) is 0 Å². The van der Waals surface area contributed by atoms with Crippen molar-refractivity contribution in [2.75, 3.05) is 67.2 Å². The molecule has 0 aromatic heterocycles. The molecule has 2 aliphatic carbocycles. The largest absolute Gasteiger partial charge is 0.350 e. The number of hydrogen-bond acceptors (Lipinski definition) is 6. The molecule has 2 rings (SSSR count). The van der Waals surface area contributed by atoms with Crippen LogP contribution in [0.5, 0.6) is 0 Å². The van der Waals surface area contributed by atoms with Gasteiger partial charge in [0.1, 0.15) is 0 Å². The second-order valence-corrected chi connectivity index (χ2v) is 29.1. The van der Waals surface area contributed by atoms with Crippen LogP contribution in [0.3, 0.4) is 0 Å². The lowest BCUT2D eigenvalue weighted by atomic mass is 9.83. The van der Waals surface area contributed by atoms with Gasteiger partial charge in [0.05, 0.1) is 26.4 Å². The Balaban J connectivity index is 1.54. The fraction of sp³-hybridized carbons (Fsp3) is 0.816. The van der Waals surface area contributed by atoms with Crippen LogP contribution in [-0.4, -0.2) is 88.6 Å². The highest BCUT2D eigenvalue weighted by Crippen LogP contribution is 2.41. The van der Waals surface area contributed by atoms with E-state index >= 15 is 0 Å². The van der Waals surface area contributed by atoms with Gasteiger partial charge in [-0.15, -0.1) is 0 Å². The molecule has 2 unspecified atom stereocenters. The van der Waals surface area contributed by atoms with Crippen molar-refractivity contribution in [3.63, 3.8) is 0 Å². The van der Waals surface area contributed by atoms with Gasteiger partial charge in [-0.25, -0.2) is 0 Å². The first-order valence-corrected chi connectivity index (χ1v) is 40.9. The molecule has 0 amide bonds. The minimum atomic E-state index is -0.355. The molecule has 2 saturated carbocycles. The molecule has 0 aromatic carbocycles. The molecule has 0 heterocycles. The molecule has 2 fully saturated rings. The van der Waals surface area contributed by atoms with Gasteiger partial charge in [0, 0.05) is 25.7 Å². The summed E-state index contributed by atoms with van der Waals surface area (Å²) in [5, 5.41) is 0. The van der Waals surface area contributed by atoms with E-state index in [1.165, 1.54) is 283 Å². The summed E-state index contributed by atoms with van der Waals surface area (Å²) in [5.41, 5.74) is 0. The molecule has 0 bridgehead atoms. The van der Waals surface area contributed by atoms with E-state index in [-0.39, 0.29) is 11.6 Å². The van der Waals surface area contributed by atoms with Crippen LogP contribution in [0.2, 0.25) is 0 Å². The molecule has 6 heteroatoms. The van der Waals surface area contributed by atoms with Gasteiger partial charge in [0.2, 0.25) is 0 Å². The Labute approximate surface area is 581 Å². The van der Waals surface area contributed by atoms with E-state index in [0.29, 0.717) is 0 Å². The molecule has 0 saturated heterocycles. The topological polar surface area (TPSA) is 43.4 Å². The van der Waals surface area contributed by atoms with E-state index in [2.05, 4.69) is 149 Å². The van der Waals surface area contributed by atoms with Crippen molar-refractivity contribution in [1.82, 2.24) is 9.80 Å².